The largest absolute Gasteiger partial charge is 0.506 e. The smallest absolute Gasteiger partial charge is 0.237 e. The summed E-state index contributed by atoms with van der Waals surface area (Å²) in [6, 6.07) is 13.8. The normalized spacial score (nSPS) is 14.1. The molecule has 110 valence electrons. The Morgan fingerprint density at radius 1 is 0.818 bits per heavy atom. The number of fused-ring (bicyclic) bond motifs is 1. The van der Waals surface area contributed by atoms with Crippen LogP contribution < -0.4 is 4.90 Å². The van der Waals surface area contributed by atoms with Crippen LogP contribution in [0, 0.1) is 0 Å². The summed E-state index contributed by atoms with van der Waals surface area (Å²) < 4.78 is 0. The fraction of sp³-hybridized carbons (Fsp3) is 0.111. The Kier molecular flexibility index (Phi) is 3.29. The van der Waals surface area contributed by atoms with Crippen molar-refractivity contribution in [2.24, 2.45) is 0 Å². The van der Waals surface area contributed by atoms with E-state index in [0.29, 0.717) is 11.1 Å². The van der Waals surface area contributed by atoms with Crippen molar-refractivity contribution in [1.29, 1.82) is 0 Å². The van der Waals surface area contributed by atoms with E-state index in [1.807, 2.05) is 31.1 Å². The highest BCUT2D eigenvalue weighted by molar-refractivity contribution is 6.62. The van der Waals surface area contributed by atoms with Crippen LogP contribution in [0.1, 0.15) is 21.5 Å². The van der Waals surface area contributed by atoms with Crippen molar-refractivity contribution < 1.29 is 14.7 Å². The Morgan fingerprint density at radius 3 is 2.00 bits per heavy atom. The van der Waals surface area contributed by atoms with E-state index in [1.165, 1.54) is 0 Å². The molecule has 0 saturated carbocycles. The highest BCUT2D eigenvalue weighted by Crippen LogP contribution is 2.33. The quantitative estimate of drug-likeness (QED) is 0.865. The number of Topliss-reactive ketones (excluding diaryl/α,β-unsaturated/α-hetero) is 2. The van der Waals surface area contributed by atoms with Gasteiger partial charge in [0.1, 0.15) is 5.76 Å². The van der Waals surface area contributed by atoms with E-state index >= 15 is 0 Å². The summed E-state index contributed by atoms with van der Waals surface area (Å²) in [6.07, 6.45) is 0. The van der Waals surface area contributed by atoms with Gasteiger partial charge in [0, 0.05) is 30.9 Å². The van der Waals surface area contributed by atoms with Gasteiger partial charge in [-0.25, -0.2) is 0 Å². The zero-order valence-electron chi connectivity index (χ0n) is 12.3. The van der Waals surface area contributed by atoms with Gasteiger partial charge in [0.25, 0.3) is 0 Å². The molecule has 0 unspecified atom stereocenters. The minimum Gasteiger partial charge on any atom is -0.506 e. The zero-order valence-corrected chi connectivity index (χ0v) is 12.3. The number of rotatable bonds is 2. The fourth-order valence-electron chi connectivity index (χ4n) is 2.56. The number of nitrogens with zero attached hydrogens (tertiary/aromatic N) is 1. The lowest BCUT2D eigenvalue weighted by Crippen LogP contribution is -2.23. The van der Waals surface area contributed by atoms with E-state index in [-0.39, 0.29) is 16.9 Å². The minimum atomic E-state index is -0.672. The second-order valence-electron chi connectivity index (χ2n) is 5.37. The molecule has 4 nitrogen and oxygen atoms in total. The fourth-order valence-corrected chi connectivity index (χ4v) is 2.56. The number of hydrogen-bond acceptors (Lipinski definition) is 4. The molecule has 22 heavy (non-hydrogen) atoms. The van der Waals surface area contributed by atoms with Crippen molar-refractivity contribution in [3.63, 3.8) is 0 Å². The summed E-state index contributed by atoms with van der Waals surface area (Å²) in [6.45, 7) is 0. The summed E-state index contributed by atoms with van der Waals surface area (Å²) in [5.74, 6) is -1.40. The molecule has 0 radical (unpaired) electrons. The molecule has 0 amide bonds. The van der Waals surface area contributed by atoms with Gasteiger partial charge in [-0.15, -0.1) is 0 Å². The highest BCUT2D eigenvalue weighted by atomic mass is 16.3. The van der Waals surface area contributed by atoms with Gasteiger partial charge in [-0.1, -0.05) is 36.4 Å². The van der Waals surface area contributed by atoms with Crippen molar-refractivity contribution >= 4 is 28.6 Å². The van der Waals surface area contributed by atoms with E-state index in [1.54, 1.807) is 36.4 Å². The molecule has 0 fully saturated rings. The predicted octanol–water partition coefficient (Wildman–Crippen LogP) is 2.94. The third kappa shape index (κ3) is 2.09. The molecule has 0 heterocycles. The lowest BCUT2D eigenvalue weighted by molar-refractivity contribution is -0.110. The van der Waals surface area contributed by atoms with Crippen molar-refractivity contribution in [1.82, 2.24) is 0 Å². The molecule has 0 aliphatic heterocycles. The standard InChI is InChI=1S/C18H15NO3/c1-19(2)12-9-7-11(8-10-12)15-16(20)13-5-3-4-6-14(13)17(21)18(15)22/h3-10,20H,1-2H3. The van der Waals surface area contributed by atoms with Crippen molar-refractivity contribution in [2.45, 2.75) is 0 Å². The van der Waals surface area contributed by atoms with Gasteiger partial charge < -0.3 is 10.0 Å². The number of allylic oxidation sites excluding steroid dienone is 1. The summed E-state index contributed by atoms with van der Waals surface area (Å²) >= 11 is 0. The highest BCUT2D eigenvalue weighted by Gasteiger charge is 2.33. The molecule has 0 bridgehead atoms. The Labute approximate surface area is 128 Å². The molecule has 1 N–H and O–H groups in total. The van der Waals surface area contributed by atoms with Gasteiger partial charge in [0.2, 0.25) is 11.6 Å². The molecular formula is C18H15NO3. The number of anilines is 1. The van der Waals surface area contributed by atoms with Gasteiger partial charge in [-0.2, -0.15) is 0 Å². The second-order valence-corrected chi connectivity index (χ2v) is 5.37. The van der Waals surface area contributed by atoms with Crippen LogP contribution in [-0.4, -0.2) is 30.8 Å². The molecule has 0 spiro atoms. The van der Waals surface area contributed by atoms with Crippen molar-refractivity contribution in [3.8, 4) is 0 Å². The van der Waals surface area contributed by atoms with Crippen LogP contribution in [0.15, 0.2) is 48.5 Å². The van der Waals surface area contributed by atoms with Crippen LogP contribution in [0.5, 0.6) is 0 Å². The van der Waals surface area contributed by atoms with E-state index in [0.717, 1.165) is 5.69 Å². The van der Waals surface area contributed by atoms with E-state index in [9.17, 15) is 14.7 Å². The molecular weight excluding hydrogens is 278 g/mol. The number of benzene rings is 2. The maximum atomic E-state index is 12.3. The average molecular weight is 293 g/mol. The summed E-state index contributed by atoms with van der Waals surface area (Å²) in [5, 5.41) is 10.4. The summed E-state index contributed by atoms with van der Waals surface area (Å²) in [4.78, 5) is 26.5. The summed E-state index contributed by atoms with van der Waals surface area (Å²) in [7, 11) is 3.83. The van der Waals surface area contributed by atoms with E-state index in [2.05, 4.69) is 0 Å². The third-order valence-electron chi connectivity index (χ3n) is 3.77. The Morgan fingerprint density at radius 2 is 1.41 bits per heavy atom. The zero-order chi connectivity index (χ0) is 15.9. The first-order chi connectivity index (χ1) is 10.5. The van der Waals surface area contributed by atoms with Crippen molar-refractivity contribution in [2.75, 3.05) is 19.0 Å². The van der Waals surface area contributed by atoms with Gasteiger partial charge in [0.05, 0.1) is 5.57 Å². The number of aliphatic hydroxyl groups excluding tert-OH is 1. The molecule has 3 rings (SSSR count). The molecule has 1 aliphatic rings. The Hall–Kier alpha value is -2.88. The predicted molar refractivity (Wildman–Crippen MR) is 86.0 cm³/mol. The monoisotopic (exact) mass is 293 g/mol. The second kappa shape index (κ2) is 5.15. The number of hydrogen-bond donors (Lipinski definition) is 1. The third-order valence-corrected chi connectivity index (χ3v) is 3.77. The maximum Gasteiger partial charge on any atom is 0.237 e. The molecule has 4 heteroatoms. The van der Waals surface area contributed by atoms with E-state index < -0.39 is 11.6 Å². The molecule has 0 atom stereocenters. The Bertz CT molecular complexity index is 801. The number of carbonyl (C=O) groups is 2. The van der Waals surface area contributed by atoms with Crippen LogP contribution in [0.2, 0.25) is 0 Å². The molecule has 0 saturated heterocycles. The van der Waals surface area contributed by atoms with Crippen molar-refractivity contribution in [3.05, 3.63) is 65.2 Å². The first-order valence-electron chi connectivity index (χ1n) is 6.90. The van der Waals surface area contributed by atoms with Gasteiger partial charge >= 0.3 is 0 Å². The summed E-state index contributed by atoms with van der Waals surface area (Å²) in [5.41, 5.74) is 2.22. The molecule has 2 aromatic rings. The van der Waals surface area contributed by atoms with Crippen LogP contribution in [-0.2, 0) is 4.79 Å². The van der Waals surface area contributed by atoms with Gasteiger partial charge in [0.15, 0.2) is 0 Å². The van der Waals surface area contributed by atoms with Gasteiger partial charge in [-0.3, -0.25) is 9.59 Å². The lowest BCUT2D eigenvalue weighted by Gasteiger charge is -2.18. The van der Waals surface area contributed by atoms with Crippen LogP contribution >= 0.6 is 0 Å². The lowest BCUT2D eigenvalue weighted by atomic mass is 9.85. The average Bonchev–Trinajstić information content (AvgIpc) is 2.53. The molecule has 2 aromatic carbocycles. The molecule has 1 aliphatic carbocycles. The molecule has 0 aromatic heterocycles. The number of ketones is 2. The first kappa shape index (κ1) is 14.1. The number of carbonyl (C=O) groups excluding carboxylic acids is 2. The Balaban J connectivity index is 2.17. The topological polar surface area (TPSA) is 57.6 Å². The van der Waals surface area contributed by atoms with Gasteiger partial charge in [-0.05, 0) is 17.7 Å². The van der Waals surface area contributed by atoms with Crippen LogP contribution in [0.4, 0.5) is 5.69 Å². The minimum absolute atomic E-state index is 0.0639. The van der Waals surface area contributed by atoms with E-state index in [4.69, 9.17) is 0 Å². The number of aliphatic hydroxyl groups is 1. The SMILES string of the molecule is CN(C)c1ccc(C2=C(O)c3ccccc3C(=O)C2=O)cc1. The maximum absolute atomic E-state index is 12.3. The first-order valence-corrected chi connectivity index (χ1v) is 6.90. The van der Waals surface area contributed by atoms with Crippen LogP contribution in [0.25, 0.3) is 11.3 Å². The van der Waals surface area contributed by atoms with Crippen LogP contribution in [0.3, 0.4) is 0 Å².